The van der Waals surface area contributed by atoms with Gasteiger partial charge < -0.3 is 24.3 Å². The van der Waals surface area contributed by atoms with Gasteiger partial charge in [-0.3, -0.25) is 0 Å². The molecule has 2 aliphatic heterocycles. The molecule has 2 saturated heterocycles. The molecule has 3 fully saturated rings. The van der Waals surface area contributed by atoms with E-state index in [1.54, 1.807) is 13.0 Å². The van der Waals surface area contributed by atoms with E-state index in [0.29, 0.717) is 52.4 Å². The Morgan fingerprint density at radius 3 is 2.56 bits per heavy atom. The van der Waals surface area contributed by atoms with Gasteiger partial charge in [0.25, 0.3) is 0 Å². The molecule has 3 aliphatic rings. The molecule has 184 valence electrons. The fourth-order valence-corrected chi connectivity index (χ4v) is 4.96. The van der Waals surface area contributed by atoms with E-state index in [1.807, 2.05) is 25.7 Å². The molecule has 1 aliphatic carbocycles. The Morgan fingerprint density at radius 1 is 1.21 bits per heavy atom. The molecular weight excluding hydrogens is 459 g/mol. The molecule has 1 saturated carbocycles. The number of benzene rings is 1. The van der Waals surface area contributed by atoms with Gasteiger partial charge in [-0.25, -0.2) is 14.2 Å². The molecule has 1 amide bonds. The first kappa shape index (κ1) is 23.4. The van der Waals surface area contributed by atoms with E-state index in [9.17, 15) is 4.79 Å². The number of rotatable bonds is 3. The van der Waals surface area contributed by atoms with Crippen LogP contribution in [-0.2, 0) is 4.74 Å². The van der Waals surface area contributed by atoms with Crippen LogP contribution in [0.3, 0.4) is 0 Å². The zero-order valence-electron chi connectivity index (χ0n) is 20.6. The number of ether oxygens (including phenoxy) is 1. The third kappa shape index (κ3) is 4.02. The third-order valence-corrected chi connectivity index (χ3v) is 7.35. The van der Waals surface area contributed by atoms with Crippen molar-refractivity contribution in [1.29, 1.82) is 0 Å². The van der Waals surface area contributed by atoms with Crippen LogP contribution in [0.25, 0.3) is 10.9 Å². The molecular formula is C24H32ClFN6O2. The van der Waals surface area contributed by atoms with E-state index >= 15 is 4.39 Å². The zero-order valence-corrected chi connectivity index (χ0v) is 21.4. The SMILES string of the molecule is Cc1c(Cl)cc2c(N3CCN(C(=O)OC(C)(C)C)C4CC43)nc(N3CC(N(C)C)C3)nc2c1F. The van der Waals surface area contributed by atoms with Crippen LogP contribution in [0.1, 0.15) is 32.8 Å². The lowest BCUT2D eigenvalue weighted by atomic mass is 10.1. The molecule has 2 aromatic rings. The molecule has 0 spiro atoms. The van der Waals surface area contributed by atoms with Gasteiger partial charge in [0.1, 0.15) is 16.9 Å². The van der Waals surface area contributed by atoms with E-state index in [2.05, 4.69) is 33.8 Å². The van der Waals surface area contributed by atoms with E-state index in [1.165, 1.54) is 0 Å². The second-order valence-electron chi connectivity index (χ2n) is 10.8. The summed E-state index contributed by atoms with van der Waals surface area (Å²) in [7, 11) is 4.11. The molecule has 2 unspecified atom stereocenters. The van der Waals surface area contributed by atoms with Crippen LogP contribution in [0.5, 0.6) is 0 Å². The largest absolute Gasteiger partial charge is 0.444 e. The fraction of sp³-hybridized carbons (Fsp3) is 0.625. The number of piperazine rings is 1. The first-order valence-electron chi connectivity index (χ1n) is 11.8. The summed E-state index contributed by atoms with van der Waals surface area (Å²) >= 11 is 6.37. The van der Waals surface area contributed by atoms with Crippen molar-refractivity contribution in [3.63, 3.8) is 0 Å². The Morgan fingerprint density at radius 2 is 1.91 bits per heavy atom. The van der Waals surface area contributed by atoms with Crippen molar-refractivity contribution in [2.45, 2.75) is 57.8 Å². The van der Waals surface area contributed by atoms with Gasteiger partial charge in [0.05, 0.1) is 12.1 Å². The predicted molar refractivity (Wildman–Crippen MR) is 131 cm³/mol. The highest BCUT2D eigenvalue weighted by atomic mass is 35.5. The number of halogens is 2. The van der Waals surface area contributed by atoms with Crippen LogP contribution in [0.15, 0.2) is 6.07 Å². The van der Waals surface area contributed by atoms with Gasteiger partial charge in [0, 0.05) is 48.2 Å². The van der Waals surface area contributed by atoms with E-state index < -0.39 is 11.4 Å². The molecule has 5 rings (SSSR count). The van der Waals surface area contributed by atoms with Gasteiger partial charge in [-0.2, -0.15) is 4.98 Å². The van der Waals surface area contributed by atoms with Crippen molar-refractivity contribution >= 4 is 40.4 Å². The monoisotopic (exact) mass is 490 g/mol. The van der Waals surface area contributed by atoms with Crippen molar-refractivity contribution in [3.8, 4) is 0 Å². The van der Waals surface area contributed by atoms with Gasteiger partial charge in [-0.15, -0.1) is 0 Å². The molecule has 3 heterocycles. The van der Waals surface area contributed by atoms with E-state index in [4.69, 9.17) is 21.3 Å². The first-order chi connectivity index (χ1) is 15.9. The molecule has 0 radical (unpaired) electrons. The van der Waals surface area contributed by atoms with Crippen LogP contribution >= 0.6 is 11.6 Å². The van der Waals surface area contributed by atoms with Crippen LogP contribution in [0.2, 0.25) is 5.02 Å². The summed E-state index contributed by atoms with van der Waals surface area (Å²) in [5.74, 6) is 0.815. The summed E-state index contributed by atoms with van der Waals surface area (Å²) in [6.45, 7) is 9.98. The van der Waals surface area contributed by atoms with Gasteiger partial charge in [-0.05, 0) is 54.3 Å². The minimum absolute atomic E-state index is 0.0602. The molecule has 0 N–H and O–H groups in total. The number of aromatic nitrogens is 2. The van der Waals surface area contributed by atoms with E-state index in [-0.39, 0.29) is 18.2 Å². The zero-order chi connectivity index (χ0) is 24.5. The van der Waals surface area contributed by atoms with Crippen LogP contribution in [0.4, 0.5) is 21.0 Å². The number of carbonyl (C=O) groups is 1. The predicted octanol–water partition coefficient (Wildman–Crippen LogP) is 3.68. The summed E-state index contributed by atoms with van der Waals surface area (Å²) in [5, 5.41) is 0.969. The van der Waals surface area contributed by atoms with Crippen molar-refractivity contribution in [1.82, 2.24) is 19.8 Å². The average Bonchev–Trinajstić information content (AvgIpc) is 3.49. The molecule has 2 atom stereocenters. The minimum atomic E-state index is -0.538. The maximum Gasteiger partial charge on any atom is 0.410 e. The smallest absolute Gasteiger partial charge is 0.410 e. The Labute approximate surface area is 204 Å². The summed E-state index contributed by atoms with van der Waals surface area (Å²) in [4.78, 5) is 30.5. The second kappa shape index (κ2) is 8.09. The minimum Gasteiger partial charge on any atom is -0.444 e. The van der Waals surface area contributed by atoms with Crippen LogP contribution in [0, 0.1) is 12.7 Å². The maximum atomic E-state index is 15.3. The summed E-state index contributed by atoms with van der Waals surface area (Å²) in [5.41, 5.74) is 0.144. The average molecular weight is 491 g/mol. The second-order valence-corrected chi connectivity index (χ2v) is 11.2. The van der Waals surface area contributed by atoms with Crippen molar-refractivity contribution in [2.75, 3.05) is 50.1 Å². The lowest BCUT2D eigenvalue weighted by Gasteiger charge is -2.43. The first-order valence-corrected chi connectivity index (χ1v) is 12.2. The maximum absolute atomic E-state index is 15.3. The molecule has 0 bridgehead atoms. The van der Waals surface area contributed by atoms with Crippen LogP contribution in [-0.4, -0.2) is 89.9 Å². The van der Waals surface area contributed by atoms with Crippen molar-refractivity contribution < 1.29 is 13.9 Å². The van der Waals surface area contributed by atoms with Gasteiger partial charge in [-0.1, -0.05) is 11.6 Å². The molecule has 1 aromatic heterocycles. The van der Waals surface area contributed by atoms with Gasteiger partial charge >= 0.3 is 6.09 Å². The molecule has 34 heavy (non-hydrogen) atoms. The number of amides is 1. The Balaban J connectivity index is 1.48. The highest BCUT2D eigenvalue weighted by Crippen LogP contribution is 2.43. The highest BCUT2D eigenvalue weighted by molar-refractivity contribution is 6.32. The molecule has 1 aromatic carbocycles. The Hall–Kier alpha value is -2.39. The number of hydrogen-bond donors (Lipinski definition) is 0. The number of likely N-dealkylation sites (N-methyl/N-ethyl adjacent to an activating group) is 1. The fourth-order valence-electron chi connectivity index (χ4n) is 4.77. The number of anilines is 2. The lowest BCUT2D eigenvalue weighted by Crippen LogP contribution is -2.58. The number of nitrogens with zero attached hydrogens (tertiary/aromatic N) is 6. The standard InChI is InChI=1S/C24H32ClFN6O2/c1-13-16(25)9-15-20(19(13)26)27-22(30-11-14(12-30)29(5)6)28-21(15)31-7-8-32(18-10-17(18)31)23(33)34-24(2,3)4/h9,14,17-18H,7-8,10-12H2,1-6H3. The van der Waals surface area contributed by atoms with Crippen molar-refractivity contribution in [2.24, 2.45) is 0 Å². The summed E-state index contributed by atoms with van der Waals surface area (Å²) < 4.78 is 20.9. The normalized spacial score (nSPS) is 22.8. The third-order valence-electron chi connectivity index (χ3n) is 6.96. The lowest BCUT2D eigenvalue weighted by molar-refractivity contribution is 0.0218. The topological polar surface area (TPSA) is 65.0 Å². The van der Waals surface area contributed by atoms with Gasteiger partial charge in [0.15, 0.2) is 5.82 Å². The van der Waals surface area contributed by atoms with E-state index in [0.717, 1.165) is 19.5 Å². The van der Waals surface area contributed by atoms with Gasteiger partial charge in [0.2, 0.25) is 5.95 Å². The Kier molecular flexibility index (Phi) is 5.55. The van der Waals surface area contributed by atoms with Crippen molar-refractivity contribution in [3.05, 3.63) is 22.5 Å². The highest BCUT2D eigenvalue weighted by Gasteiger charge is 2.52. The van der Waals surface area contributed by atoms with Crippen LogP contribution < -0.4 is 9.80 Å². The number of carbonyl (C=O) groups excluding carboxylic acids is 1. The summed E-state index contributed by atoms with van der Waals surface area (Å²) in [6, 6.07) is 2.36. The molecule has 10 heteroatoms. The number of hydrogen-bond acceptors (Lipinski definition) is 7. The number of fused-ring (bicyclic) bond motifs is 2. The quantitative estimate of drug-likeness (QED) is 0.650. The molecule has 8 nitrogen and oxygen atoms in total. The summed E-state index contributed by atoms with van der Waals surface area (Å²) in [6.07, 6.45) is 0.544. The Bertz CT molecular complexity index is 1150.